The minimum atomic E-state index is -0.0591. The second-order valence-electron chi connectivity index (χ2n) is 16.1. The minimum Gasteiger partial charge on any atom is -0.455 e. The third-order valence-electron chi connectivity index (χ3n) is 12.0. The zero-order valence-corrected chi connectivity index (χ0v) is 27.1. The van der Waals surface area contributed by atoms with E-state index < -0.39 is 0 Å². The molecule has 46 heavy (non-hydrogen) atoms. The zero-order valence-electron chi connectivity index (χ0n) is 27.1. The maximum Gasteiger partial charge on any atom is 0.139 e. The third-order valence-corrected chi connectivity index (χ3v) is 12.0. The van der Waals surface area contributed by atoms with Crippen molar-refractivity contribution < 1.29 is 4.42 Å². The Morgan fingerprint density at radius 3 is 1.98 bits per heavy atom. The van der Waals surface area contributed by atoms with Gasteiger partial charge in [0, 0.05) is 38.4 Å². The Labute approximate surface area is 271 Å². The van der Waals surface area contributed by atoms with E-state index in [0.717, 1.165) is 28.9 Å². The van der Waals surface area contributed by atoms with E-state index in [1.54, 1.807) is 0 Å². The van der Waals surface area contributed by atoms with Crippen molar-refractivity contribution in [3.63, 3.8) is 0 Å². The van der Waals surface area contributed by atoms with Crippen molar-refractivity contribution in [2.45, 2.75) is 70.1 Å². The summed E-state index contributed by atoms with van der Waals surface area (Å²) in [6.07, 6.45) is 8.43. The highest BCUT2D eigenvalue weighted by molar-refractivity contribution is 6.12. The van der Waals surface area contributed by atoms with E-state index in [1.165, 1.54) is 99.0 Å². The molecule has 7 aromatic rings. The van der Waals surface area contributed by atoms with Crippen LogP contribution < -0.4 is 0 Å². The predicted octanol–water partition coefficient (Wildman–Crippen LogP) is 12.1. The summed E-state index contributed by atoms with van der Waals surface area (Å²) in [7, 11) is 0. The highest BCUT2D eigenvalue weighted by atomic mass is 16.3. The highest BCUT2D eigenvalue weighted by Crippen LogP contribution is 2.62. The van der Waals surface area contributed by atoms with Crippen molar-refractivity contribution in [1.29, 1.82) is 0 Å². The number of hydrogen-bond donors (Lipinski definition) is 0. The fourth-order valence-corrected chi connectivity index (χ4v) is 10.5. The van der Waals surface area contributed by atoms with Crippen LogP contribution in [0.15, 0.2) is 108 Å². The van der Waals surface area contributed by atoms with E-state index in [9.17, 15) is 0 Å². The van der Waals surface area contributed by atoms with Gasteiger partial charge in [-0.05, 0) is 121 Å². The van der Waals surface area contributed by atoms with Crippen LogP contribution in [0.5, 0.6) is 0 Å². The number of fused-ring (bicyclic) bond motifs is 6. The average molecular weight is 600 g/mol. The Bertz CT molecular complexity index is 2290. The minimum absolute atomic E-state index is 0.0591. The van der Waals surface area contributed by atoms with Crippen molar-refractivity contribution in [3.8, 4) is 16.8 Å². The fourth-order valence-electron chi connectivity index (χ4n) is 10.5. The largest absolute Gasteiger partial charge is 0.455 e. The molecule has 4 bridgehead atoms. The number of furan rings is 1. The number of benzene rings is 5. The number of para-hydroxylation sites is 3. The van der Waals surface area contributed by atoms with Gasteiger partial charge in [0.1, 0.15) is 11.2 Å². The molecule has 0 unspecified atom stereocenters. The molecule has 4 fully saturated rings. The lowest BCUT2D eigenvalue weighted by molar-refractivity contribution is -0.00485. The molecule has 4 aliphatic carbocycles. The van der Waals surface area contributed by atoms with Crippen LogP contribution in [0.3, 0.4) is 0 Å². The van der Waals surface area contributed by atoms with E-state index in [0.29, 0.717) is 5.41 Å². The van der Waals surface area contributed by atoms with E-state index in [-0.39, 0.29) is 5.41 Å². The Kier molecular flexibility index (Phi) is 5.48. The Hall–Kier alpha value is -4.30. The number of nitrogens with zero attached hydrogens (tertiary/aromatic N) is 1. The number of rotatable bonds is 3. The lowest BCUT2D eigenvalue weighted by Gasteiger charge is -2.57. The fraction of sp³-hybridized carbons (Fsp3) is 0.318. The van der Waals surface area contributed by atoms with E-state index in [4.69, 9.17) is 4.42 Å². The van der Waals surface area contributed by atoms with Crippen LogP contribution in [-0.4, -0.2) is 4.57 Å². The van der Waals surface area contributed by atoms with Gasteiger partial charge in [0.15, 0.2) is 0 Å². The smallest absolute Gasteiger partial charge is 0.139 e. The first-order valence-corrected chi connectivity index (χ1v) is 17.4. The molecule has 0 spiro atoms. The quantitative estimate of drug-likeness (QED) is 0.198. The van der Waals surface area contributed by atoms with Crippen LogP contribution in [0, 0.1) is 17.8 Å². The van der Waals surface area contributed by atoms with Gasteiger partial charge >= 0.3 is 0 Å². The second-order valence-corrected chi connectivity index (χ2v) is 16.1. The van der Waals surface area contributed by atoms with Crippen LogP contribution in [0.4, 0.5) is 0 Å². The lowest BCUT2D eigenvalue weighted by atomic mass is 9.48. The van der Waals surface area contributed by atoms with Gasteiger partial charge < -0.3 is 8.98 Å². The van der Waals surface area contributed by atoms with Crippen LogP contribution in [0.2, 0.25) is 0 Å². The van der Waals surface area contributed by atoms with Gasteiger partial charge in [-0.1, -0.05) is 81.4 Å². The third kappa shape index (κ3) is 3.82. The van der Waals surface area contributed by atoms with Gasteiger partial charge in [0.05, 0.1) is 11.0 Å². The maximum atomic E-state index is 7.10. The summed E-state index contributed by atoms with van der Waals surface area (Å²) >= 11 is 0. The Balaban J connectivity index is 1.19. The summed E-state index contributed by atoms with van der Waals surface area (Å²) in [6.45, 7) is 6.99. The Morgan fingerprint density at radius 2 is 1.24 bits per heavy atom. The first-order chi connectivity index (χ1) is 22.3. The summed E-state index contributed by atoms with van der Waals surface area (Å²) in [5.41, 5.74) is 11.4. The molecule has 0 aliphatic heterocycles. The normalized spacial score (nSPS) is 24.2. The molecule has 11 rings (SSSR count). The predicted molar refractivity (Wildman–Crippen MR) is 192 cm³/mol. The molecule has 2 nitrogen and oxygen atoms in total. The first-order valence-electron chi connectivity index (χ1n) is 17.4. The second kappa shape index (κ2) is 9.38. The van der Waals surface area contributed by atoms with Gasteiger partial charge in [-0.3, -0.25) is 0 Å². The molecule has 4 aliphatic rings. The summed E-state index contributed by atoms with van der Waals surface area (Å²) in [4.78, 5) is 0. The molecule has 0 amide bonds. The molecular weight excluding hydrogens is 558 g/mol. The molecule has 4 saturated carbocycles. The first kappa shape index (κ1) is 26.9. The van der Waals surface area contributed by atoms with Gasteiger partial charge in [-0.15, -0.1) is 0 Å². The molecule has 2 aromatic heterocycles. The van der Waals surface area contributed by atoms with Gasteiger partial charge in [-0.2, -0.15) is 0 Å². The summed E-state index contributed by atoms with van der Waals surface area (Å²) in [5.74, 6) is 2.72. The van der Waals surface area contributed by atoms with E-state index >= 15 is 0 Å². The van der Waals surface area contributed by atoms with Crippen molar-refractivity contribution in [2.75, 3.05) is 0 Å². The number of hydrogen-bond acceptors (Lipinski definition) is 1. The number of aromatic nitrogens is 1. The molecule has 2 heterocycles. The van der Waals surface area contributed by atoms with Crippen LogP contribution >= 0.6 is 0 Å². The standard InChI is InChI=1S/C44H41NO/c1-43(2,3)38-23-31(30-16-17-40-35(21-30)33-12-7-8-15-39(33)45(40)32-10-5-4-6-11-32)22-36-34-13-9-14-37(41(34)46-42(36)38)44-24-27-18-28(25-44)20-29(19-27)26-44/h4-17,21-23,27-29H,18-20,24-26H2,1-3H3. The van der Waals surface area contributed by atoms with Crippen molar-refractivity contribution >= 4 is 43.7 Å². The van der Waals surface area contributed by atoms with Gasteiger partial charge in [0.25, 0.3) is 0 Å². The average Bonchev–Trinajstić information content (AvgIpc) is 3.59. The molecule has 0 N–H and O–H groups in total. The molecular formula is C44H41NO. The molecule has 2 heteroatoms. The van der Waals surface area contributed by atoms with E-state index in [2.05, 4.69) is 128 Å². The molecule has 0 atom stereocenters. The summed E-state index contributed by atoms with van der Waals surface area (Å²) < 4.78 is 9.50. The maximum absolute atomic E-state index is 7.10. The monoisotopic (exact) mass is 599 g/mol. The lowest BCUT2D eigenvalue weighted by Crippen LogP contribution is -2.48. The van der Waals surface area contributed by atoms with Crippen LogP contribution in [-0.2, 0) is 10.8 Å². The van der Waals surface area contributed by atoms with Gasteiger partial charge in [0.2, 0.25) is 0 Å². The topological polar surface area (TPSA) is 18.1 Å². The molecule has 0 radical (unpaired) electrons. The SMILES string of the molecule is CC(C)(C)c1cc(-c2ccc3c(c2)c2ccccc2n3-c2ccccc2)cc2c1oc1c(C34CC5CC(CC(C5)C3)C4)cccc12. The molecule has 5 aromatic carbocycles. The molecule has 228 valence electrons. The zero-order chi connectivity index (χ0) is 30.8. The van der Waals surface area contributed by atoms with Crippen molar-refractivity contribution in [1.82, 2.24) is 4.57 Å². The Morgan fingerprint density at radius 1 is 0.587 bits per heavy atom. The molecule has 0 saturated heterocycles. The van der Waals surface area contributed by atoms with Gasteiger partial charge in [-0.25, -0.2) is 0 Å². The van der Waals surface area contributed by atoms with Crippen molar-refractivity contribution in [2.24, 2.45) is 17.8 Å². The highest BCUT2D eigenvalue weighted by Gasteiger charge is 2.52. The van der Waals surface area contributed by atoms with Crippen molar-refractivity contribution in [3.05, 3.63) is 114 Å². The van der Waals surface area contributed by atoms with Crippen LogP contribution in [0.1, 0.15) is 70.4 Å². The van der Waals surface area contributed by atoms with E-state index in [1.807, 2.05) is 0 Å². The summed E-state index contributed by atoms with van der Waals surface area (Å²) in [6, 6.07) is 38.5. The van der Waals surface area contributed by atoms with Crippen LogP contribution in [0.25, 0.3) is 60.6 Å². The summed E-state index contributed by atoms with van der Waals surface area (Å²) in [5, 5.41) is 5.12.